The normalized spacial score (nSPS) is 13.1. The van der Waals surface area contributed by atoms with Crippen LogP contribution < -0.4 is 5.73 Å². The molecule has 0 fully saturated rings. The molecular weight excluding hydrogens is 180 g/mol. The van der Waals surface area contributed by atoms with Crippen LogP contribution in [0.25, 0.3) is 0 Å². The molecule has 6 heteroatoms. The predicted molar refractivity (Wildman–Crippen MR) is 50.2 cm³/mol. The van der Waals surface area contributed by atoms with Crippen molar-refractivity contribution in [1.82, 2.24) is 24.5 Å². The maximum Gasteiger partial charge on any atom is 0.0947 e. The highest BCUT2D eigenvalue weighted by molar-refractivity contribution is 5.16. The Labute approximate surface area is 81.4 Å². The first-order valence-electron chi connectivity index (χ1n) is 4.26. The Bertz CT molecular complexity index is 428. The fraction of sp³-hybridized carbons (Fsp3) is 0.375. The predicted octanol–water partition coefficient (Wildman–Crippen LogP) is -0.403. The third kappa shape index (κ3) is 1.39. The lowest BCUT2D eigenvalue weighted by atomic mass is 10.2. The van der Waals surface area contributed by atoms with Crippen LogP contribution >= 0.6 is 0 Å². The largest absolute Gasteiger partial charge is 0.340 e. The zero-order valence-corrected chi connectivity index (χ0v) is 8.12. The van der Waals surface area contributed by atoms with Crippen LogP contribution in [0.15, 0.2) is 18.7 Å². The molecule has 1 atom stereocenters. The van der Waals surface area contributed by atoms with E-state index in [1.165, 1.54) is 0 Å². The Morgan fingerprint density at radius 3 is 2.71 bits per heavy atom. The average Bonchev–Trinajstić information content (AvgIpc) is 2.73. The van der Waals surface area contributed by atoms with E-state index in [4.69, 9.17) is 5.73 Å². The molecule has 2 heterocycles. The van der Waals surface area contributed by atoms with E-state index >= 15 is 0 Å². The number of nitrogens with zero attached hydrogens (tertiary/aromatic N) is 5. The molecular formula is C8H12N6. The number of hydrogen-bond donors (Lipinski definition) is 1. The van der Waals surface area contributed by atoms with Gasteiger partial charge in [-0.05, 0) is 0 Å². The highest BCUT2D eigenvalue weighted by Gasteiger charge is 2.15. The van der Waals surface area contributed by atoms with E-state index in [2.05, 4.69) is 15.3 Å². The minimum Gasteiger partial charge on any atom is -0.340 e. The van der Waals surface area contributed by atoms with E-state index in [0.29, 0.717) is 0 Å². The zero-order valence-electron chi connectivity index (χ0n) is 8.12. The summed E-state index contributed by atoms with van der Waals surface area (Å²) in [7, 11) is 3.72. The molecule has 0 saturated carbocycles. The van der Waals surface area contributed by atoms with Crippen LogP contribution in [0.3, 0.4) is 0 Å². The smallest absolute Gasteiger partial charge is 0.0947 e. The van der Waals surface area contributed by atoms with Crippen molar-refractivity contribution in [3.05, 3.63) is 30.1 Å². The first-order chi connectivity index (χ1) is 6.68. The van der Waals surface area contributed by atoms with Crippen molar-refractivity contribution in [2.45, 2.75) is 6.04 Å². The van der Waals surface area contributed by atoms with E-state index in [-0.39, 0.29) is 6.04 Å². The van der Waals surface area contributed by atoms with Crippen LogP contribution in [0, 0.1) is 0 Å². The van der Waals surface area contributed by atoms with Gasteiger partial charge in [0.15, 0.2) is 0 Å². The first-order valence-corrected chi connectivity index (χ1v) is 4.26. The maximum atomic E-state index is 6.00. The van der Waals surface area contributed by atoms with E-state index < -0.39 is 0 Å². The quantitative estimate of drug-likeness (QED) is 0.702. The molecule has 2 aromatic rings. The molecule has 2 aromatic heterocycles. The summed E-state index contributed by atoms with van der Waals surface area (Å²) in [6, 6.07) is -0.267. The Morgan fingerprint density at radius 2 is 2.21 bits per heavy atom. The van der Waals surface area contributed by atoms with Gasteiger partial charge in [-0.3, -0.25) is 4.68 Å². The average molecular weight is 192 g/mol. The molecule has 0 amide bonds. The SMILES string of the molecule is Cn1cnc(C(N)c2cnnn2C)c1. The lowest BCUT2D eigenvalue weighted by molar-refractivity contribution is 0.645. The van der Waals surface area contributed by atoms with Gasteiger partial charge in [-0.2, -0.15) is 0 Å². The van der Waals surface area contributed by atoms with Crippen LogP contribution in [-0.2, 0) is 14.1 Å². The van der Waals surface area contributed by atoms with Gasteiger partial charge in [-0.1, -0.05) is 5.21 Å². The third-order valence-electron chi connectivity index (χ3n) is 2.11. The van der Waals surface area contributed by atoms with E-state index in [0.717, 1.165) is 11.4 Å². The van der Waals surface area contributed by atoms with Crippen LogP contribution in [0.4, 0.5) is 0 Å². The van der Waals surface area contributed by atoms with Gasteiger partial charge in [-0.15, -0.1) is 5.10 Å². The minimum absolute atomic E-state index is 0.267. The Balaban J connectivity index is 2.33. The van der Waals surface area contributed by atoms with Gasteiger partial charge < -0.3 is 10.3 Å². The van der Waals surface area contributed by atoms with Crippen molar-refractivity contribution in [1.29, 1.82) is 0 Å². The lowest BCUT2D eigenvalue weighted by Crippen LogP contribution is -2.16. The van der Waals surface area contributed by atoms with Gasteiger partial charge in [0, 0.05) is 20.3 Å². The minimum atomic E-state index is -0.267. The van der Waals surface area contributed by atoms with Crippen LogP contribution in [-0.4, -0.2) is 24.5 Å². The highest BCUT2D eigenvalue weighted by Crippen LogP contribution is 2.14. The number of nitrogens with two attached hydrogens (primary N) is 1. The van der Waals surface area contributed by atoms with Crippen molar-refractivity contribution in [3.63, 3.8) is 0 Å². The van der Waals surface area contributed by atoms with Crippen molar-refractivity contribution in [2.75, 3.05) is 0 Å². The van der Waals surface area contributed by atoms with Gasteiger partial charge in [0.25, 0.3) is 0 Å². The van der Waals surface area contributed by atoms with Gasteiger partial charge in [-0.25, -0.2) is 4.98 Å². The Morgan fingerprint density at radius 1 is 1.43 bits per heavy atom. The summed E-state index contributed by atoms with van der Waals surface area (Å²) in [4.78, 5) is 4.18. The number of rotatable bonds is 2. The Hall–Kier alpha value is -1.69. The zero-order chi connectivity index (χ0) is 10.1. The summed E-state index contributed by atoms with van der Waals surface area (Å²) < 4.78 is 3.51. The first kappa shape index (κ1) is 8.89. The monoisotopic (exact) mass is 192 g/mol. The molecule has 2 N–H and O–H groups in total. The molecule has 0 aromatic carbocycles. The summed E-state index contributed by atoms with van der Waals surface area (Å²) in [6.45, 7) is 0. The summed E-state index contributed by atoms with van der Waals surface area (Å²) in [5.41, 5.74) is 7.67. The molecule has 1 unspecified atom stereocenters. The summed E-state index contributed by atoms with van der Waals surface area (Å²) in [5.74, 6) is 0. The second-order valence-electron chi connectivity index (χ2n) is 3.22. The van der Waals surface area contributed by atoms with Crippen molar-refractivity contribution >= 4 is 0 Å². The van der Waals surface area contributed by atoms with Crippen LogP contribution in [0.1, 0.15) is 17.4 Å². The van der Waals surface area contributed by atoms with Crippen molar-refractivity contribution < 1.29 is 0 Å². The fourth-order valence-electron chi connectivity index (χ4n) is 1.32. The summed E-state index contributed by atoms with van der Waals surface area (Å²) in [6.07, 6.45) is 5.26. The number of hydrogen-bond acceptors (Lipinski definition) is 4. The molecule has 0 saturated heterocycles. The van der Waals surface area contributed by atoms with E-state index in [1.807, 2.05) is 24.9 Å². The molecule has 2 rings (SSSR count). The molecule has 0 radical (unpaired) electrons. The summed E-state index contributed by atoms with van der Waals surface area (Å²) in [5, 5.41) is 7.60. The standard InChI is InChI=1S/C8H12N6/c1-13-4-6(10-5-13)8(9)7-3-11-12-14(7)2/h3-5,8H,9H2,1-2H3. The molecule has 0 aliphatic carbocycles. The Kier molecular flexibility index (Phi) is 2.05. The van der Waals surface area contributed by atoms with Gasteiger partial charge in [0.05, 0.1) is 30.0 Å². The van der Waals surface area contributed by atoms with Gasteiger partial charge >= 0.3 is 0 Å². The van der Waals surface area contributed by atoms with Crippen LogP contribution in [0.5, 0.6) is 0 Å². The second kappa shape index (κ2) is 3.22. The molecule has 74 valence electrons. The fourth-order valence-corrected chi connectivity index (χ4v) is 1.32. The topological polar surface area (TPSA) is 74.6 Å². The van der Waals surface area contributed by atoms with Crippen molar-refractivity contribution in [2.24, 2.45) is 19.8 Å². The number of aromatic nitrogens is 5. The number of imidazole rings is 1. The lowest BCUT2D eigenvalue weighted by Gasteiger charge is -2.07. The van der Waals surface area contributed by atoms with Crippen molar-refractivity contribution in [3.8, 4) is 0 Å². The molecule has 0 aliphatic rings. The van der Waals surface area contributed by atoms with E-state index in [1.54, 1.807) is 17.2 Å². The molecule has 0 aliphatic heterocycles. The van der Waals surface area contributed by atoms with Crippen LogP contribution in [0.2, 0.25) is 0 Å². The number of aryl methyl sites for hydroxylation is 2. The molecule has 0 bridgehead atoms. The highest BCUT2D eigenvalue weighted by atomic mass is 15.4. The van der Waals surface area contributed by atoms with Gasteiger partial charge in [0.2, 0.25) is 0 Å². The van der Waals surface area contributed by atoms with Gasteiger partial charge in [0.1, 0.15) is 0 Å². The molecule has 0 spiro atoms. The molecule has 14 heavy (non-hydrogen) atoms. The van der Waals surface area contributed by atoms with E-state index in [9.17, 15) is 0 Å². The molecule has 6 nitrogen and oxygen atoms in total. The summed E-state index contributed by atoms with van der Waals surface area (Å²) >= 11 is 0. The maximum absolute atomic E-state index is 6.00. The third-order valence-corrected chi connectivity index (χ3v) is 2.11. The second-order valence-corrected chi connectivity index (χ2v) is 3.22.